The molecule has 0 amide bonds. The summed E-state index contributed by atoms with van der Waals surface area (Å²) < 4.78 is 9.78. The maximum Gasteiger partial charge on any atom is 0.192 e. The van der Waals surface area contributed by atoms with Crippen molar-refractivity contribution in [3.05, 3.63) is 0 Å². The number of methoxy groups -OCH3 is 1. The van der Waals surface area contributed by atoms with Gasteiger partial charge in [-0.25, -0.2) is 0 Å². The Bertz CT molecular complexity index is 169. The molecule has 0 saturated carbocycles. The summed E-state index contributed by atoms with van der Waals surface area (Å²) in [5.74, 6) is -0.481. The molecule has 70 valence electrons. The standard InChI is InChI=1S/C7H12O5/c1-11-6-2-4(9)7(10)5(3-8)12-6/h4-6,8-9H,2-3H2,1H3. The lowest BCUT2D eigenvalue weighted by atomic mass is 10.0. The predicted molar refractivity (Wildman–Crippen MR) is 38.4 cm³/mol. The highest BCUT2D eigenvalue weighted by Gasteiger charge is 2.35. The van der Waals surface area contributed by atoms with Gasteiger partial charge in [-0.3, -0.25) is 4.79 Å². The van der Waals surface area contributed by atoms with Crippen LogP contribution in [-0.4, -0.2) is 48.2 Å². The number of hydrogen-bond acceptors (Lipinski definition) is 5. The second-order valence-corrected chi connectivity index (χ2v) is 2.63. The molecule has 1 saturated heterocycles. The Labute approximate surface area is 69.9 Å². The van der Waals surface area contributed by atoms with Crippen LogP contribution in [0.3, 0.4) is 0 Å². The lowest BCUT2D eigenvalue weighted by Gasteiger charge is -2.29. The third-order valence-corrected chi connectivity index (χ3v) is 1.81. The van der Waals surface area contributed by atoms with Crippen LogP contribution in [0.25, 0.3) is 0 Å². The first-order valence-corrected chi connectivity index (χ1v) is 3.70. The fourth-order valence-corrected chi connectivity index (χ4v) is 1.10. The van der Waals surface area contributed by atoms with Gasteiger partial charge in [0.05, 0.1) is 6.61 Å². The molecule has 0 radical (unpaired) electrons. The Morgan fingerprint density at radius 3 is 2.92 bits per heavy atom. The van der Waals surface area contributed by atoms with E-state index in [1.807, 2.05) is 0 Å². The Kier molecular flexibility index (Phi) is 3.16. The van der Waals surface area contributed by atoms with Gasteiger partial charge in [0.25, 0.3) is 0 Å². The molecule has 3 atom stereocenters. The molecule has 5 heteroatoms. The summed E-state index contributed by atoms with van der Waals surface area (Å²) in [6, 6.07) is 0. The molecule has 3 unspecified atom stereocenters. The van der Waals surface area contributed by atoms with Crippen molar-refractivity contribution in [2.24, 2.45) is 0 Å². The van der Waals surface area contributed by atoms with Gasteiger partial charge in [-0.2, -0.15) is 0 Å². The fourth-order valence-electron chi connectivity index (χ4n) is 1.10. The van der Waals surface area contributed by atoms with E-state index < -0.39 is 30.9 Å². The highest BCUT2D eigenvalue weighted by atomic mass is 16.7. The van der Waals surface area contributed by atoms with E-state index in [-0.39, 0.29) is 6.42 Å². The van der Waals surface area contributed by atoms with Crippen LogP contribution in [0.1, 0.15) is 6.42 Å². The molecule has 0 bridgehead atoms. The lowest BCUT2D eigenvalue weighted by molar-refractivity contribution is -0.207. The Hall–Kier alpha value is -0.490. The van der Waals surface area contributed by atoms with E-state index in [2.05, 4.69) is 0 Å². The maximum absolute atomic E-state index is 11.0. The molecule has 0 aromatic heterocycles. The van der Waals surface area contributed by atoms with Crippen LogP contribution in [0.5, 0.6) is 0 Å². The van der Waals surface area contributed by atoms with Crippen molar-refractivity contribution >= 4 is 5.78 Å². The lowest BCUT2D eigenvalue weighted by Crippen LogP contribution is -2.47. The Balaban J connectivity index is 2.58. The number of ether oxygens (including phenoxy) is 2. The average molecular weight is 176 g/mol. The second-order valence-electron chi connectivity index (χ2n) is 2.63. The van der Waals surface area contributed by atoms with E-state index in [0.717, 1.165) is 0 Å². The largest absolute Gasteiger partial charge is 0.393 e. The van der Waals surface area contributed by atoms with Crippen LogP contribution in [0.2, 0.25) is 0 Å². The van der Waals surface area contributed by atoms with Crippen molar-refractivity contribution in [2.45, 2.75) is 24.9 Å². The van der Waals surface area contributed by atoms with Gasteiger partial charge < -0.3 is 19.7 Å². The summed E-state index contributed by atoms with van der Waals surface area (Å²) >= 11 is 0. The van der Waals surface area contributed by atoms with Crippen LogP contribution in [0.15, 0.2) is 0 Å². The third-order valence-electron chi connectivity index (χ3n) is 1.81. The molecule has 1 aliphatic rings. The van der Waals surface area contributed by atoms with Crippen molar-refractivity contribution in [1.82, 2.24) is 0 Å². The normalized spacial score (nSPS) is 36.9. The van der Waals surface area contributed by atoms with Gasteiger partial charge in [-0.15, -0.1) is 0 Å². The van der Waals surface area contributed by atoms with Crippen molar-refractivity contribution in [3.63, 3.8) is 0 Å². The third kappa shape index (κ3) is 1.81. The van der Waals surface area contributed by atoms with Gasteiger partial charge in [0, 0.05) is 13.5 Å². The fraction of sp³-hybridized carbons (Fsp3) is 0.857. The van der Waals surface area contributed by atoms with E-state index in [0.29, 0.717) is 0 Å². The number of hydrogen-bond donors (Lipinski definition) is 2. The average Bonchev–Trinajstić information content (AvgIpc) is 2.09. The van der Waals surface area contributed by atoms with Gasteiger partial charge in [0.1, 0.15) is 12.2 Å². The van der Waals surface area contributed by atoms with E-state index in [1.54, 1.807) is 0 Å². The smallest absolute Gasteiger partial charge is 0.192 e. The van der Waals surface area contributed by atoms with Crippen molar-refractivity contribution in [2.75, 3.05) is 13.7 Å². The monoisotopic (exact) mass is 176 g/mol. The molecule has 5 nitrogen and oxygen atoms in total. The van der Waals surface area contributed by atoms with Gasteiger partial charge >= 0.3 is 0 Å². The molecular weight excluding hydrogens is 164 g/mol. The minimum atomic E-state index is -1.08. The van der Waals surface area contributed by atoms with Gasteiger partial charge in [0.15, 0.2) is 12.1 Å². The number of aliphatic hydroxyl groups is 2. The van der Waals surface area contributed by atoms with E-state index in [4.69, 9.17) is 19.7 Å². The maximum atomic E-state index is 11.0. The number of carbonyl (C=O) groups excluding carboxylic acids is 1. The summed E-state index contributed by atoms with van der Waals surface area (Å²) in [6.45, 7) is -0.421. The van der Waals surface area contributed by atoms with Gasteiger partial charge in [-0.05, 0) is 0 Å². The van der Waals surface area contributed by atoms with Crippen molar-refractivity contribution in [1.29, 1.82) is 0 Å². The van der Waals surface area contributed by atoms with Crippen molar-refractivity contribution < 1.29 is 24.5 Å². The first-order valence-electron chi connectivity index (χ1n) is 3.70. The zero-order valence-corrected chi connectivity index (χ0v) is 6.77. The van der Waals surface area contributed by atoms with E-state index in [9.17, 15) is 4.79 Å². The van der Waals surface area contributed by atoms with Crippen LogP contribution in [0, 0.1) is 0 Å². The topological polar surface area (TPSA) is 76.0 Å². The molecule has 0 aromatic carbocycles. The van der Waals surface area contributed by atoms with Crippen LogP contribution < -0.4 is 0 Å². The Morgan fingerprint density at radius 1 is 1.75 bits per heavy atom. The highest BCUT2D eigenvalue weighted by Crippen LogP contribution is 2.16. The highest BCUT2D eigenvalue weighted by molar-refractivity contribution is 5.87. The molecule has 1 heterocycles. The predicted octanol–water partition coefficient (Wildman–Crippen LogP) is -1.33. The first kappa shape index (κ1) is 9.60. The summed E-state index contributed by atoms with van der Waals surface area (Å²) in [6.07, 6.45) is -2.50. The van der Waals surface area contributed by atoms with Crippen LogP contribution in [-0.2, 0) is 14.3 Å². The number of ketones is 1. The Morgan fingerprint density at radius 2 is 2.42 bits per heavy atom. The van der Waals surface area contributed by atoms with Gasteiger partial charge in [0.2, 0.25) is 0 Å². The zero-order chi connectivity index (χ0) is 9.14. The minimum Gasteiger partial charge on any atom is -0.393 e. The second kappa shape index (κ2) is 3.95. The molecule has 0 aliphatic carbocycles. The van der Waals surface area contributed by atoms with Crippen LogP contribution in [0.4, 0.5) is 0 Å². The summed E-state index contributed by atoms with van der Waals surface area (Å²) in [4.78, 5) is 11.0. The summed E-state index contributed by atoms with van der Waals surface area (Å²) in [5.41, 5.74) is 0. The SMILES string of the molecule is COC1CC(O)C(=O)C(CO)O1. The quantitative estimate of drug-likeness (QED) is 0.545. The number of carbonyl (C=O) groups is 1. The molecule has 2 N–H and O–H groups in total. The molecule has 12 heavy (non-hydrogen) atoms. The molecule has 1 fully saturated rings. The summed E-state index contributed by atoms with van der Waals surface area (Å²) in [7, 11) is 1.42. The summed E-state index contributed by atoms with van der Waals surface area (Å²) in [5, 5.41) is 17.8. The number of rotatable bonds is 2. The molecule has 0 spiro atoms. The molecule has 1 rings (SSSR count). The molecule has 1 aliphatic heterocycles. The van der Waals surface area contributed by atoms with Crippen LogP contribution >= 0.6 is 0 Å². The van der Waals surface area contributed by atoms with Crippen molar-refractivity contribution in [3.8, 4) is 0 Å². The number of Topliss-reactive ketones (excluding diaryl/α,β-unsaturated/α-hetero) is 1. The molecular formula is C7H12O5. The minimum absolute atomic E-state index is 0.131. The van der Waals surface area contributed by atoms with Gasteiger partial charge in [-0.1, -0.05) is 0 Å². The van der Waals surface area contributed by atoms with E-state index >= 15 is 0 Å². The van der Waals surface area contributed by atoms with E-state index in [1.165, 1.54) is 7.11 Å². The molecule has 0 aromatic rings. The first-order chi connectivity index (χ1) is 5.69. The number of aliphatic hydroxyl groups excluding tert-OH is 2. The zero-order valence-electron chi connectivity index (χ0n) is 6.77.